The standard InChI is InChI=1S/C10H16N4O2S2/c1-4-12-10(16)14-7(15)6(3)17-8-5(2)13-9(11)18-8/h6H,4H2,1-3H3,(H2,11,13)(H2,12,14,15,16). The number of anilines is 1. The highest BCUT2D eigenvalue weighted by Crippen LogP contribution is 2.33. The van der Waals surface area contributed by atoms with Crippen LogP contribution in [-0.4, -0.2) is 28.7 Å². The van der Waals surface area contributed by atoms with Crippen LogP contribution < -0.4 is 16.4 Å². The first-order chi connectivity index (χ1) is 8.43. The van der Waals surface area contributed by atoms with E-state index in [0.29, 0.717) is 11.7 Å². The first-order valence-electron chi connectivity index (χ1n) is 5.42. The van der Waals surface area contributed by atoms with Gasteiger partial charge in [0.15, 0.2) is 5.13 Å². The summed E-state index contributed by atoms with van der Waals surface area (Å²) in [5.74, 6) is -0.336. The summed E-state index contributed by atoms with van der Waals surface area (Å²) in [6.07, 6.45) is 0. The van der Waals surface area contributed by atoms with Gasteiger partial charge in [-0.2, -0.15) is 0 Å². The summed E-state index contributed by atoms with van der Waals surface area (Å²) in [5.41, 5.74) is 6.39. The van der Waals surface area contributed by atoms with Crippen molar-refractivity contribution in [3.8, 4) is 0 Å². The van der Waals surface area contributed by atoms with Crippen molar-refractivity contribution in [3.63, 3.8) is 0 Å². The second-order valence-electron chi connectivity index (χ2n) is 3.53. The van der Waals surface area contributed by atoms with Gasteiger partial charge in [-0.15, -0.1) is 11.8 Å². The van der Waals surface area contributed by atoms with E-state index in [-0.39, 0.29) is 11.2 Å². The molecule has 1 heterocycles. The molecule has 1 atom stereocenters. The van der Waals surface area contributed by atoms with E-state index in [4.69, 9.17) is 5.73 Å². The predicted molar refractivity (Wildman–Crippen MR) is 73.8 cm³/mol. The first-order valence-corrected chi connectivity index (χ1v) is 7.12. The molecule has 1 rings (SSSR count). The normalized spacial score (nSPS) is 11.9. The van der Waals surface area contributed by atoms with Crippen LogP contribution in [0.15, 0.2) is 4.21 Å². The number of nitrogens with one attached hydrogen (secondary N) is 2. The van der Waals surface area contributed by atoms with Crippen molar-refractivity contribution < 1.29 is 9.59 Å². The van der Waals surface area contributed by atoms with Gasteiger partial charge in [0.05, 0.1) is 15.2 Å². The zero-order valence-electron chi connectivity index (χ0n) is 10.4. The maximum Gasteiger partial charge on any atom is 0.321 e. The highest BCUT2D eigenvalue weighted by molar-refractivity contribution is 8.02. The van der Waals surface area contributed by atoms with E-state index in [9.17, 15) is 9.59 Å². The topological polar surface area (TPSA) is 97.1 Å². The Balaban J connectivity index is 2.54. The van der Waals surface area contributed by atoms with Crippen LogP contribution in [0.2, 0.25) is 0 Å². The second kappa shape index (κ2) is 6.60. The molecule has 0 radical (unpaired) electrons. The van der Waals surface area contributed by atoms with E-state index in [1.54, 1.807) is 13.8 Å². The van der Waals surface area contributed by atoms with Gasteiger partial charge in [0.25, 0.3) is 0 Å². The van der Waals surface area contributed by atoms with Crippen molar-refractivity contribution in [1.82, 2.24) is 15.6 Å². The quantitative estimate of drug-likeness (QED) is 0.727. The molecule has 0 aliphatic carbocycles. The van der Waals surface area contributed by atoms with Crippen LogP contribution >= 0.6 is 23.1 Å². The van der Waals surface area contributed by atoms with E-state index in [1.165, 1.54) is 23.1 Å². The Kier molecular flexibility index (Phi) is 5.42. The van der Waals surface area contributed by atoms with Crippen LogP contribution in [0.1, 0.15) is 19.5 Å². The van der Waals surface area contributed by atoms with E-state index < -0.39 is 6.03 Å². The lowest BCUT2D eigenvalue weighted by Gasteiger charge is -2.10. The Morgan fingerprint density at radius 2 is 2.22 bits per heavy atom. The Morgan fingerprint density at radius 3 is 2.72 bits per heavy atom. The molecule has 1 aromatic heterocycles. The Labute approximate surface area is 114 Å². The summed E-state index contributed by atoms with van der Waals surface area (Å²) in [6, 6.07) is -0.476. The van der Waals surface area contributed by atoms with Crippen molar-refractivity contribution in [2.24, 2.45) is 0 Å². The van der Waals surface area contributed by atoms with Crippen molar-refractivity contribution in [2.75, 3.05) is 12.3 Å². The lowest BCUT2D eigenvalue weighted by Crippen LogP contribution is -2.42. The van der Waals surface area contributed by atoms with Gasteiger partial charge >= 0.3 is 6.03 Å². The monoisotopic (exact) mass is 288 g/mol. The van der Waals surface area contributed by atoms with Gasteiger partial charge in [0.1, 0.15) is 0 Å². The number of urea groups is 1. The van der Waals surface area contributed by atoms with Gasteiger partial charge in [0.2, 0.25) is 5.91 Å². The molecule has 4 N–H and O–H groups in total. The number of amides is 3. The highest BCUT2D eigenvalue weighted by atomic mass is 32.2. The van der Waals surface area contributed by atoms with Gasteiger partial charge in [-0.1, -0.05) is 11.3 Å². The SMILES string of the molecule is CCNC(=O)NC(=O)C(C)Sc1sc(N)nc1C. The molecule has 0 bridgehead atoms. The Hall–Kier alpha value is -1.28. The molecule has 3 amide bonds. The number of aromatic nitrogens is 1. The van der Waals surface area contributed by atoms with Crippen LogP contribution in [0.5, 0.6) is 0 Å². The third kappa shape index (κ3) is 4.19. The molecule has 0 spiro atoms. The van der Waals surface area contributed by atoms with Gasteiger partial charge in [-0.25, -0.2) is 9.78 Å². The molecular formula is C10H16N4O2S2. The number of carbonyl (C=O) groups excluding carboxylic acids is 2. The number of rotatable bonds is 4. The minimum absolute atomic E-state index is 0.336. The molecule has 1 aromatic rings. The summed E-state index contributed by atoms with van der Waals surface area (Å²) in [6.45, 7) is 5.83. The number of hydrogen-bond donors (Lipinski definition) is 3. The average molecular weight is 288 g/mol. The molecule has 18 heavy (non-hydrogen) atoms. The molecule has 8 heteroatoms. The molecule has 0 saturated heterocycles. The van der Waals surface area contributed by atoms with Crippen LogP contribution in [0.25, 0.3) is 0 Å². The van der Waals surface area contributed by atoms with E-state index in [1.807, 2.05) is 6.92 Å². The van der Waals surface area contributed by atoms with Crippen molar-refractivity contribution in [2.45, 2.75) is 30.2 Å². The van der Waals surface area contributed by atoms with Gasteiger partial charge in [-0.3, -0.25) is 10.1 Å². The fraction of sp³-hybridized carbons (Fsp3) is 0.500. The van der Waals surface area contributed by atoms with Crippen molar-refractivity contribution in [3.05, 3.63) is 5.69 Å². The van der Waals surface area contributed by atoms with E-state index >= 15 is 0 Å². The number of thioether (sulfide) groups is 1. The number of hydrogen-bond acceptors (Lipinski definition) is 6. The summed E-state index contributed by atoms with van der Waals surface area (Å²) in [5, 5.41) is 4.87. The molecule has 100 valence electrons. The minimum atomic E-state index is -0.476. The lowest BCUT2D eigenvalue weighted by molar-refractivity contribution is -0.119. The van der Waals surface area contributed by atoms with Crippen LogP contribution in [0, 0.1) is 6.92 Å². The highest BCUT2D eigenvalue weighted by Gasteiger charge is 2.19. The zero-order chi connectivity index (χ0) is 13.7. The first kappa shape index (κ1) is 14.8. The Morgan fingerprint density at radius 1 is 1.56 bits per heavy atom. The largest absolute Gasteiger partial charge is 0.375 e. The van der Waals surface area contributed by atoms with Crippen LogP contribution in [-0.2, 0) is 4.79 Å². The maximum atomic E-state index is 11.7. The smallest absolute Gasteiger partial charge is 0.321 e. The molecule has 0 fully saturated rings. The lowest BCUT2D eigenvalue weighted by atomic mass is 10.4. The molecule has 0 aliphatic heterocycles. The summed E-state index contributed by atoms with van der Waals surface area (Å²) < 4.78 is 0.894. The van der Waals surface area contributed by atoms with Crippen LogP contribution in [0.3, 0.4) is 0 Å². The van der Waals surface area contributed by atoms with Crippen LogP contribution in [0.4, 0.5) is 9.93 Å². The van der Waals surface area contributed by atoms with Gasteiger partial charge in [0, 0.05) is 6.54 Å². The summed E-state index contributed by atoms with van der Waals surface area (Å²) in [7, 11) is 0. The third-order valence-corrected chi connectivity index (χ3v) is 4.39. The second-order valence-corrected chi connectivity index (χ2v) is 6.17. The number of imide groups is 1. The Bertz CT molecular complexity index is 447. The number of nitrogens with zero attached hydrogens (tertiary/aromatic N) is 1. The fourth-order valence-corrected chi connectivity index (χ4v) is 3.30. The molecule has 0 aliphatic rings. The number of carbonyl (C=O) groups is 2. The fourth-order valence-electron chi connectivity index (χ4n) is 1.14. The molecule has 0 aromatic carbocycles. The number of nitrogen functional groups attached to an aromatic ring is 1. The van der Waals surface area contributed by atoms with Crippen molar-refractivity contribution >= 4 is 40.2 Å². The van der Waals surface area contributed by atoms with E-state index in [0.717, 1.165) is 9.90 Å². The number of thiazole rings is 1. The molecule has 6 nitrogen and oxygen atoms in total. The minimum Gasteiger partial charge on any atom is -0.375 e. The molecule has 1 unspecified atom stereocenters. The predicted octanol–water partition coefficient (Wildman–Crippen LogP) is 1.36. The number of aryl methyl sites for hydroxylation is 1. The summed E-state index contributed by atoms with van der Waals surface area (Å²) >= 11 is 2.68. The van der Waals surface area contributed by atoms with Crippen molar-refractivity contribution in [1.29, 1.82) is 0 Å². The third-order valence-electron chi connectivity index (χ3n) is 2.00. The van der Waals surface area contributed by atoms with Gasteiger partial charge < -0.3 is 11.1 Å². The van der Waals surface area contributed by atoms with Gasteiger partial charge in [-0.05, 0) is 20.8 Å². The maximum absolute atomic E-state index is 11.7. The zero-order valence-corrected chi connectivity index (χ0v) is 12.1. The number of nitrogens with two attached hydrogens (primary N) is 1. The molecule has 0 saturated carbocycles. The average Bonchev–Trinajstić information content (AvgIpc) is 2.57. The summed E-state index contributed by atoms with van der Waals surface area (Å²) in [4.78, 5) is 27.0. The molecular weight excluding hydrogens is 272 g/mol. The van der Waals surface area contributed by atoms with E-state index in [2.05, 4.69) is 15.6 Å².